The predicted molar refractivity (Wildman–Crippen MR) is 91.4 cm³/mol. The molecule has 1 aromatic carbocycles. The molecule has 9 nitrogen and oxygen atoms in total. The highest BCUT2D eigenvalue weighted by molar-refractivity contribution is 7.13. The van der Waals surface area contributed by atoms with Gasteiger partial charge in [-0.2, -0.15) is 0 Å². The summed E-state index contributed by atoms with van der Waals surface area (Å²) in [6, 6.07) is 4.07. The Morgan fingerprint density at radius 2 is 2.04 bits per heavy atom. The number of thiazole rings is 1. The minimum absolute atomic E-state index is 0.00535. The molecular formula is C16H16N2O7S. The third-order valence-electron chi connectivity index (χ3n) is 3.11. The molecule has 0 spiro atoms. The fraction of sp³-hybridized carbons (Fsp3) is 0.250. The second-order valence-electron chi connectivity index (χ2n) is 4.90. The average Bonchev–Trinajstić information content (AvgIpc) is 3.05. The van der Waals surface area contributed by atoms with Crippen LogP contribution in [-0.2, 0) is 25.5 Å². The Morgan fingerprint density at radius 3 is 2.69 bits per heavy atom. The van der Waals surface area contributed by atoms with Crippen molar-refractivity contribution in [2.75, 3.05) is 26.1 Å². The van der Waals surface area contributed by atoms with Crippen molar-refractivity contribution in [1.29, 1.82) is 0 Å². The number of methoxy groups -OCH3 is 2. The highest BCUT2D eigenvalue weighted by atomic mass is 32.1. The van der Waals surface area contributed by atoms with Crippen LogP contribution in [0.15, 0.2) is 23.6 Å². The molecule has 0 bridgehead atoms. The largest absolute Gasteiger partial charge is 0.507 e. The van der Waals surface area contributed by atoms with Crippen LogP contribution in [0.1, 0.15) is 16.1 Å². The molecule has 0 radical (unpaired) electrons. The molecule has 2 aromatic rings. The lowest BCUT2D eigenvalue weighted by molar-refractivity contribution is -0.139. The lowest BCUT2D eigenvalue weighted by Gasteiger charge is -2.07. The number of phenolic OH excluding ortho intramolecular Hbond substituents is 1. The van der Waals surface area contributed by atoms with E-state index in [4.69, 9.17) is 9.47 Å². The quantitative estimate of drug-likeness (QED) is 0.690. The molecule has 0 unspecified atom stereocenters. The van der Waals surface area contributed by atoms with Crippen molar-refractivity contribution in [3.8, 4) is 11.5 Å². The lowest BCUT2D eigenvalue weighted by Crippen LogP contribution is -2.21. The van der Waals surface area contributed by atoms with E-state index < -0.39 is 24.5 Å². The van der Waals surface area contributed by atoms with E-state index in [1.54, 1.807) is 5.38 Å². The molecule has 0 saturated heterocycles. The van der Waals surface area contributed by atoms with Crippen LogP contribution in [0.25, 0.3) is 0 Å². The Morgan fingerprint density at radius 1 is 1.27 bits per heavy atom. The summed E-state index contributed by atoms with van der Waals surface area (Å²) in [4.78, 5) is 38.9. The zero-order chi connectivity index (χ0) is 19.1. The highest BCUT2D eigenvalue weighted by Crippen LogP contribution is 2.24. The van der Waals surface area contributed by atoms with Crippen LogP contribution in [0, 0.1) is 0 Å². The van der Waals surface area contributed by atoms with E-state index in [2.05, 4.69) is 15.0 Å². The van der Waals surface area contributed by atoms with Crippen molar-refractivity contribution < 1.29 is 33.7 Å². The Hall–Kier alpha value is -3.14. The second-order valence-corrected chi connectivity index (χ2v) is 5.76. The van der Waals surface area contributed by atoms with E-state index in [0.717, 1.165) is 11.3 Å². The van der Waals surface area contributed by atoms with Gasteiger partial charge in [0.25, 0.3) is 5.91 Å². The molecule has 0 fully saturated rings. The number of amides is 1. The number of esters is 2. The molecule has 26 heavy (non-hydrogen) atoms. The fourth-order valence-electron chi connectivity index (χ4n) is 1.84. The molecule has 2 N–H and O–H groups in total. The summed E-state index contributed by atoms with van der Waals surface area (Å²) in [7, 11) is 2.69. The second kappa shape index (κ2) is 8.81. The third kappa shape index (κ3) is 5.18. The smallest absolute Gasteiger partial charge is 0.342 e. The molecule has 0 aliphatic heterocycles. The number of benzene rings is 1. The number of aromatic nitrogens is 1. The van der Waals surface area contributed by atoms with Crippen molar-refractivity contribution in [1.82, 2.24) is 4.98 Å². The Balaban J connectivity index is 1.86. The summed E-state index contributed by atoms with van der Waals surface area (Å²) in [5.74, 6) is -1.84. The van der Waals surface area contributed by atoms with Gasteiger partial charge in [-0.25, -0.2) is 9.78 Å². The number of aromatic hydroxyl groups is 1. The molecule has 138 valence electrons. The van der Waals surface area contributed by atoms with E-state index in [1.807, 2.05) is 0 Å². The molecule has 1 amide bonds. The number of hydrogen-bond donors (Lipinski definition) is 2. The highest BCUT2D eigenvalue weighted by Gasteiger charge is 2.16. The molecule has 1 heterocycles. The summed E-state index contributed by atoms with van der Waals surface area (Å²) in [5, 5.41) is 14.1. The molecule has 2 rings (SSSR count). The number of carbonyl (C=O) groups excluding carboxylic acids is 3. The number of nitrogens with one attached hydrogen (secondary N) is 1. The maximum atomic E-state index is 11.9. The zero-order valence-electron chi connectivity index (χ0n) is 14.0. The van der Waals surface area contributed by atoms with Gasteiger partial charge >= 0.3 is 11.9 Å². The van der Waals surface area contributed by atoms with Crippen LogP contribution in [0.5, 0.6) is 11.5 Å². The van der Waals surface area contributed by atoms with Gasteiger partial charge in [0.05, 0.1) is 26.3 Å². The third-order valence-corrected chi connectivity index (χ3v) is 3.92. The summed E-state index contributed by atoms with van der Waals surface area (Å²) < 4.78 is 14.3. The number of ether oxygens (including phenoxy) is 3. The lowest BCUT2D eigenvalue weighted by atomic mass is 10.2. The van der Waals surface area contributed by atoms with E-state index >= 15 is 0 Å². The maximum Gasteiger partial charge on any atom is 0.342 e. The number of anilines is 1. The van der Waals surface area contributed by atoms with Gasteiger partial charge in [-0.15, -0.1) is 11.3 Å². The number of carbonyl (C=O) groups is 3. The van der Waals surface area contributed by atoms with E-state index in [1.165, 1.54) is 32.4 Å². The van der Waals surface area contributed by atoms with Gasteiger partial charge in [0.2, 0.25) is 0 Å². The van der Waals surface area contributed by atoms with Gasteiger partial charge in [0.1, 0.15) is 17.1 Å². The minimum Gasteiger partial charge on any atom is -0.507 e. The van der Waals surface area contributed by atoms with Crippen LogP contribution in [0.3, 0.4) is 0 Å². The van der Waals surface area contributed by atoms with E-state index in [-0.39, 0.29) is 22.9 Å². The fourth-order valence-corrected chi connectivity index (χ4v) is 2.57. The van der Waals surface area contributed by atoms with Gasteiger partial charge in [0, 0.05) is 11.4 Å². The average molecular weight is 380 g/mol. The van der Waals surface area contributed by atoms with E-state index in [0.29, 0.717) is 11.4 Å². The summed E-state index contributed by atoms with van der Waals surface area (Å²) >= 11 is 1.12. The molecule has 1 aromatic heterocycles. The number of nitrogens with zero attached hydrogens (tertiary/aromatic N) is 1. The zero-order valence-corrected chi connectivity index (χ0v) is 14.8. The molecule has 0 saturated carbocycles. The summed E-state index contributed by atoms with van der Waals surface area (Å²) in [5.41, 5.74) is 0.366. The van der Waals surface area contributed by atoms with Gasteiger partial charge in [0.15, 0.2) is 11.7 Å². The number of hydrogen-bond acceptors (Lipinski definition) is 9. The molecular weight excluding hydrogens is 364 g/mol. The number of phenols is 1. The first-order chi connectivity index (χ1) is 12.4. The Labute approximate surface area is 152 Å². The van der Waals surface area contributed by atoms with Crippen LogP contribution < -0.4 is 10.1 Å². The molecule has 10 heteroatoms. The van der Waals surface area contributed by atoms with Crippen molar-refractivity contribution in [2.45, 2.75) is 6.42 Å². The van der Waals surface area contributed by atoms with Crippen LogP contribution in [0.2, 0.25) is 0 Å². The predicted octanol–water partition coefficient (Wildman–Crippen LogP) is 1.37. The Bertz CT molecular complexity index is 819. The first-order valence-electron chi connectivity index (χ1n) is 7.28. The normalized spacial score (nSPS) is 10.1. The molecule has 0 aliphatic carbocycles. The van der Waals surface area contributed by atoms with Gasteiger partial charge in [-0.05, 0) is 12.1 Å². The molecule has 0 atom stereocenters. The van der Waals surface area contributed by atoms with Gasteiger partial charge in [-0.3, -0.25) is 14.9 Å². The van der Waals surface area contributed by atoms with Crippen molar-refractivity contribution in [2.24, 2.45) is 0 Å². The summed E-state index contributed by atoms with van der Waals surface area (Å²) in [6.07, 6.45) is -0.00535. The molecule has 0 aliphatic rings. The van der Waals surface area contributed by atoms with E-state index in [9.17, 15) is 19.5 Å². The standard InChI is InChI=1S/C16H16N2O7S/c1-23-10-3-4-11(12(19)6-10)15(22)25-7-13(20)18-16-17-9(8-26-16)5-14(21)24-2/h3-4,6,8,19H,5,7H2,1-2H3,(H,17,18,20). The first-order valence-corrected chi connectivity index (χ1v) is 8.16. The topological polar surface area (TPSA) is 124 Å². The van der Waals surface area contributed by atoms with Crippen LogP contribution in [0.4, 0.5) is 5.13 Å². The van der Waals surface area contributed by atoms with Crippen LogP contribution in [-0.4, -0.2) is 48.8 Å². The monoisotopic (exact) mass is 380 g/mol. The van der Waals surface area contributed by atoms with Crippen molar-refractivity contribution in [3.05, 3.63) is 34.8 Å². The SMILES string of the molecule is COC(=O)Cc1csc(NC(=O)COC(=O)c2ccc(OC)cc2O)n1. The number of rotatable bonds is 7. The van der Waals surface area contributed by atoms with Crippen molar-refractivity contribution >= 4 is 34.3 Å². The first kappa shape index (κ1) is 19.2. The summed E-state index contributed by atoms with van der Waals surface area (Å²) in [6.45, 7) is -0.559. The Kier molecular flexibility index (Phi) is 6.50. The van der Waals surface area contributed by atoms with Crippen molar-refractivity contribution in [3.63, 3.8) is 0 Å². The maximum absolute atomic E-state index is 11.9. The van der Waals surface area contributed by atoms with Gasteiger partial charge < -0.3 is 19.3 Å². The van der Waals surface area contributed by atoms with Crippen LogP contribution >= 0.6 is 11.3 Å². The minimum atomic E-state index is -0.856. The van der Waals surface area contributed by atoms with Gasteiger partial charge in [-0.1, -0.05) is 0 Å².